The maximum atomic E-state index is 9.97. The van der Waals surface area contributed by atoms with Gasteiger partial charge in [0.1, 0.15) is 5.75 Å². The van der Waals surface area contributed by atoms with Gasteiger partial charge in [-0.3, -0.25) is 4.90 Å². The second kappa shape index (κ2) is 6.32. The first-order valence-corrected chi connectivity index (χ1v) is 7.05. The van der Waals surface area contributed by atoms with E-state index in [0.29, 0.717) is 11.3 Å². The van der Waals surface area contributed by atoms with Crippen LogP contribution in [-0.4, -0.2) is 46.8 Å². The smallest absolute Gasteiger partial charge is 0.173 e. The molecule has 1 aromatic rings. The van der Waals surface area contributed by atoms with Crippen LogP contribution in [0.15, 0.2) is 23.4 Å². The molecule has 0 radical (unpaired) electrons. The molecule has 0 spiro atoms. The Morgan fingerprint density at radius 2 is 2.10 bits per heavy atom. The van der Waals surface area contributed by atoms with Crippen molar-refractivity contribution in [2.75, 3.05) is 20.2 Å². The first kappa shape index (κ1) is 15.6. The molecular weight excluding hydrogens is 270 g/mol. The summed E-state index contributed by atoms with van der Waals surface area (Å²) in [5.41, 5.74) is 6.75. The Bertz CT molecular complexity index is 519. The van der Waals surface area contributed by atoms with Crippen molar-refractivity contribution in [3.05, 3.63) is 29.3 Å². The van der Waals surface area contributed by atoms with Crippen molar-refractivity contribution in [1.82, 2.24) is 4.90 Å². The van der Waals surface area contributed by atoms with Crippen LogP contribution in [0.5, 0.6) is 5.75 Å². The molecule has 4 N–H and O–H groups in total. The van der Waals surface area contributed by atoms with Gasteiger partial charge in [0, 0.05) is 19.6 Å². The molecule has 0 amide bonds. The number of methoxy groups -OCH3 is 1. The van der Waals surface area contributed by atoms with Gasteiger partial charge in [-0.1, -0.05) is 11.2 Å². The summed E-state index contributed by atoms with van der Waals surface area (Å²) in [5.74, 6) is 0.624. The van der Waals surface area contributed by atoms with Crippen LogP contribution in [0.1, 0.15) is 30.9 Å². The molecule has 6 heteroatoms. The fraction of sp³-hybridized carbons (Fsp3) is 0.533. The number of piperidine rings is 1. The molecule has 1 aliphatic rings. The molecule has 116 valence electrons. The van der Waals surface area contributed by atoms with E-state index in [1.807, 2.05) is 19.1 Å². The fourth-order valence-corrected chi connectivity index (χ4v) is 2.55. The maximum absolute atomic E-state index is 9.97. The van der Waals surface area contributed by atoms with Crippen LogP contribution < -0.4 is 10.5 Å². The minimum atomic E-state index is -0.538. The average molecular weight is 293 g/mol. The highest BCUT2D eigenvalue weighted by molar-refractivity contribution is 5.99. The molecule has 1 saturated heterocycles. The molecule has 1 heterocycles. The fourth-order valence-electron chi connectivity index (χ4n) is 2.55. The van der Waals surface area contributed by atoms with E-state index in [1.54, 1.807) is 13.2 Å². The van der Waals surface area contributed by atoms with E-state index in [0.717, 1.165) is 38.0 Å². The number of nitrogens with zero attached hydrogens (tertiary/aromatic N) is 2. The summed E-state index contributed by atoms with van der Waals surface area (Å²) >= 11 is 0. The number of nitrogens with two attached hydrogens (primary N) is 1. The highest BCUT2D eigenvalue weighted by atomic mass is 16.5. The SMILES string of the molecule is COc1cc(CN2CCC(C)(O)CC2)ccc1/C(N)=N/O. The van der Waals surface area contributed by atoms with Crippen LogP contribution in [0, 0.1) is 0 Å². The van der Waals surface area contributed by atoms with E-state index < -0.39 is 5.60 Å². The van der Waals surface area contributed by atoms with Crippen molar-refractivity contribution in [3.8, 4) is 5.75 Å². The van der Waals surface area contributed by atoms with E-state index >= 15 is 0 Å². The number of ether oxygens (including phenoxy) is 1. The van der Waals surface area contributed by atoms with Crippen LogP contribution in [0.3, 0.4) is 0 Å². The van der Waals surface area contributed by atoms with Crippen LogP contribution in [0.25, 0.3) is 0 Å². The summed E-state index contributed by atoms with van der Waals surface area (Å²) in [6.45, 7) is 4.43. The van der Waals surface area contributed by atoms with Gasteiger partial charge in [0.15, 0.2) is 5.84 Å². The van der Waals surface area contributed by atoms with Gasteiger partial charge in [-0.05, 0) is 37.5 Å². The molecule has 2 rings (SSSR count). The number of hydrogen-bond donors (Lipinski definition) is 3. The summed E-state index contributed by atoms with van der Waals surface area (Å²) in [7, 11) is 1.56. The highest BCUT2D eigenvalue weighted by Gasteiger charge is 2.27. The van der Waals surface area contributed by atoms with Crippen molar-refractivity contribution in [1.29, 1.82) is 0 Å². The van der Waals surface area contributed by atoms with Gasteiger partial charge < -0.3 is 20.8 Å². The minimum absolute atomic E-state index is 0.0346. The third-order valence-corrected chi connectivity index (χ3v) is 3.99. The molecule has 6 nitrogen and oxygen atoms in total. The topological polar surface area (TPSA) is 91.3 Å². The Hall–Kier alpha value is -1.79. The van der Waals surface area contributed by atoms with Crippen molar-refractivity contribution in [2.45, 2.75) is 31.9 Å². The molecule has 1 fully saturated rings. The van der Waals surface area contributed by atoms with Crippen molar-refractivity contribution >= 4 is 5.84 Å². The largest absolute Gasteiger partial charge is 0.496 e. The molecule has 0 aromatic heterocycles. The third kappa shape index (κ3) is 3.86. The molecule has 0 aliphatic carbocycles. The monoisotopic (exact) mass is 293 g/mol. The molecule has 1 aromatic carbocycles. The number of likely N-dealkylation sites (tertiary alicyclic amines) is 1. The molecule has 0 saturated carbocycles. The van der Waals surface area contributed by atoms with E-state index in [-0.39, 0.29) is 5.84 Å². The lowest BCUT2D eigenvalue weighted by molar-refractivity contribution is -0.00731. The highest BCUT2D eigenvalue weighted by Crippen LogP contribution is 2.25. The lowest BCUT2D eigenvalue weighted by Gasteiger charge is -2.35. The number of amidine groups is 1. The molecule has 0 unspecified atom stereocenters. The molecular formula is C15H23N3O3. The second-order valence-corrected chi connectivity index (χ2v) is 5.79. The zero-order valence-corrected chi connectivity index (χ0v) is 12.5. The Labute approximate surface area is 124 Å². The summed E-state index contributed by atoms with van der Waals surface area (Å²) in [6, 6.07) is 5.64. The maximum Gasteiger partial charge on any atom is 0.173 e. The van der Waals surface area contributed by atoms with Crippen LogP contribution in [0.4, 0.5) is 0 Å². The number of oxime groups is 1. The Balaban J connectivity index is 2.08. The van der Waals surface area contributed by atoms with Crippen LogP contribution in [-0.2, 0) is 6.54 Å². The van der Waals surface area contributed by atoms with Crippen LogP contribution in [0.2, 0.25) is 0 Å². The quantitative estimate of drug-likeness (QED) is 0.335. The van der Waals surface area contributed by atoms with E-state index in [2.05, 4.69) is 10.1 Å². The standard InChI is InChI=1S/C15H23N3O3/c1-15(19)5-7-18(8-6-15)10-11-3-4-12(14(16)17-20)13(9-11)21-2/h3-4,9,19-20H,5-8,10H2,1-2H3,(H2,16,17). The van der Waals surface area contributed by atoms with Crippen molar-refractivity contribution < 1.29 is 15.1 Å². The average Bonchev–Trinajstić information content (AvgIpc) is 2.48. The van der Waals surface area contributed by atoms with Gasteiger partial charge in [-0.25, -0.2) is 0 Å². The predicted octanol–water partition coefficient (Wildman–Crippen LogP) is 1.14. The Morgan fingerprint density at radius 1 is 1.43 bits per heavy atom. The number of rotatable bonds is 4. The molecule has 21 heavy (non-hydrogen) atoms. The van der Waals surface area contributed by atoms with E-state index in [9.17, 15) is 5.11 Å². The summed E-state index contributed by atoms with van der Waals surface area (Å²) in [4.78, 5) is 2.30. The van der Waals surface area contributed by atoms with Gasteiger partial charge in [-0.15, -0.1) is 0 Å². The number of hydrogen-bond acceptors (Lipinski definition) is 5. The molecule has 1 aliphatic heterocycles. The van der Waals surface area contributed by atoms with Gasteiger partial charge in [-0.2, -0.15) is 0 Å². The minimum Gasteiger partial charge on any atom is -0.496 e. The zero-order chi connectivity index (χ0) is 15.5. The second-order valence-electron chi connectivity index (χ2n) is 5.79. The lowest BCUT2D eigenvalue weighted by atomic mass is 9.93. The zero-order valence-electron chi connectivity index (χ0n) is 12.5. The Morgan fingerprint density at radius 3 is 2.67 bits per heavy atom. The molecule has 0 bridgehead atoms. The first-order valence-electron chi connectivity index (χ1n) is 7.05. The van der Waals surface area contributed by atoms with E-state index in [1.165, 1.54) is 0 Å². The number of benzene rings is 1. The first-order chi connectivity index (χ1) is 9.95. The summed E-state index contributed by atoms with van der Waals surface area (Å²) < 4.78 is 5.30. The normalized spacial score (nSPS) is 19.5. The van der Waals surface area contributed by atoms with E-state index in [4.69, 9.17) is 15.7 Å². The van der Waals surface area contributed by atoms with Crippen molar-refractivity contribution in [2.24, 2.45) is 10.9 Å². The molecule has 0 atom stereocenters. The predicted molar refractivity (Wildman–Crippen MR) is 80.6 cm³/mol. The van der Waals surface area contributed by atoms with Gasteiger partial charge in [0.05, 0.1) is 18.3 Å². The Kier molecular flexibility index (Phi) is 4.69. The summed E-state index contributed by atoms with van der Waals surface area (Å²) in [5, 5.41) is 21.7. The van der Waals surface area contributed by atoms with Gasteiger partial charge in [0.2, 0.25) is 0 Å². The van der Waals surface area contributed by atoms with Crippen molar-refractivity contribution in [3.63, 3.8) is 0 Å². The third-order valence-electron chi connectivity index (χ3n) is 3.99. The van der Waals surface area contributed by atoms with Gasteiger partial charge in [0.25, 0.3) is 0 Å². The number of aliphatic hydroxyl groups is 1. The van der Waals surface area contributed by atoms with Gasteiger partial charge >= 0.3 is 0 Å². The van der Waals surface area contributed by atoms with Crippen LogP contribution >= 0.6 is 0 Å². The summed E-state index contributed by atoms with van der Waals surface area (Å²) in [6.07, 6.45) is 1.57. The lowest BCUT2D eigenvalue weighted by Crippen LogP contribution is -2.41.